The molecule has 0 radical (unpaired) electrons. The molecule has 1 N–H and O–H groups in total. The van der Waals surface area contributed by atoms with Crippen LogP contribution in [0.1, 0.15) is 24.4 Å². The highest BCUT2D eigenvalue weighted by molar-refractivity contribution is 5.80. The van der Waals surface area contributed by atoms with Crippen LogP contribution in [0.25, 0.3) is 5.65 Å². The SMILES string of the molecule is O=CNc1cnn2ccc(N3CCCC3c3cc(F)ccc3F)nc12. The van der Waals surface area contributed by atoms with Crippen LogP contribution in [0.15, 0.2) is 36.7 Å². The maximum Gasteiger partial charge on any atom is 0.211 e. The zero-order valence-electron chi connectivity index (χ0n) is 13.2. The second-order valence-corrected chi connectivity index (χ2v) is 5.89. The molecule has 0 spiro atoms. The van der Waals surface area contributed by atoms with Crippen molar-refractivity contribution >= 4 is 23.6 Å². The molecule has 0 bridgehead atoms. The van der Waals surface area contributed by atoms with E-state index >= 15 is 0 Å². The zero-order chi connectivity index (χ0) is 17.4. The summed E-state index contributed by atoms with van der Waals surface area (Å²) in [5.74, 6) is -0.250. The molecule has 1 atom stereocenters. The predicted molar refractivity (Wildman–Crippen MR) is 88.4 cm³/mol. The summed E-state index contributed by atoms with van der Waals surface area (Å²) in [6.45, 7) is 0.689. The Kier molecular flexibility index (Phi) is 3.79. The molecule has 1 aromatic carbocycles. The lowest BCUT2D eigenvalue weighted by Crippen LogP contribution is -2.24. The molecule has 1 unspecified atom stereocenters. The number of fused-ring (bicyclic) bond motifs is 1. The number of halogens is 2. The van der Waals surface area contributed by atoms with Gasteiger partial charge in [0.15, 0.2) is 5.65 Å². The summed E-state index contributed by atoms with van der Waals surface area (Å²) in [5, 5.41) is 6.67. The molecule has 4 rings (SSSR count). The quantitative estimate of drug-likeness (QED) is 0.740. The average molecular weight is 343 g/mol. The molecule has 8 heteroatoms. The highest BCUT2D eigenvalue weighted by Gasteiger charge is 2.30. The van der Waals surface area contributed by atoms with Gasteiger partial charge in [0.2, 0.25) is 6.41 Å². The molecule has 0 aliphatic carbocycles. The van der Waals surface area contributed by atoms with E-state index < -0.39 is 11.6 Å². The van der Waals surface area contributed by atoms with Crippen LogP contribution in [-0.4, -0.2) is 27.6 Å². The van der Waals surface area contributed by atoms with Gasteiger partial charge in [0.25, 0.3) is 0 Å². The van der Waals surface area contributed by atoms with Crippen LogP contribution in [-0.2, 0) is 4.79 Å². The minimum absolute atomic E-state index is 0.281. The Morgan fingerprint density at radius 3 is 3.00 bits per heavy atom. The summed E-state index contributed by atoms with van der Waals surface area (Å²) in [4.78, 5) is 17.2. The molecule has 1 amide bonds. The largest absolute Gasteiger partial charge is 0.349 e. The number of hydrogen-bond donors (Lipinski definition) is 1. The molecule has 0 saturated carbocycles. The van der Waals surface area contributed by atoms with Crippen molar-refractivity contribution in [3.8, 4) is 0 Å². The average Bonchev–Trinajstić information content (AvgIpc) is 3.24. The number of benzene rings is 1. The number of nitrogens with one attached hydrogen (secondary N) is 1. The molecule has 1 aliphatic rings. The molecule has 3 heterocycles. The van der Waals surface area contributed by atoms with Crippen molar-refractivity contribution in [2.24, 2.45) is 0 Å². The lowest BCUT2D eigenvalue weighted by Gasteiger charge is -2.26. The maximum atomic E-state index is 14.2. The van der Waals surface area contributed by atoms with Crippen molar-refractivity contribution < 1.29 is 13.6 Å². The van der Waals surface area contributed by atoms with Crippen molar-refractivity contribution in [3.63, 3.8) is 0 Å². The summed E-state index contributed by atoms with van der Waals surface area (Å²) in [5.41, 5.74) is 1.32. The summed E-state index contributed by atoms with van der Waals surface area (Å²) in [7, 11) is 0. The number of carbonyl (C=O) groups is 1. The minimum atomic E-state index is -0.458. The second kappa shape index (κ2) is 6.12. The normalized spacial score (nSPS) is 17.2. The van der Waals surface area contributed by atoms with Crippen molar-refractivity contribution in [2.45, 2.75) is 18.9 Å². The van der Waals surface area contributed by atoms with Gasteiger partial charge >= 0.3 is 0 Å². The van der Waals surface area contributed by atoms with Crippen LogP contribution in [0.2, 0.25) is 0 Å². The number of aromatic nitrogens is 3. The number of rotatable bonds is 4. The number of hydrogen-bond acceptors (Lipinski definition) is 4. The molecule has 1 saturated heterocycles. The lowest BCUT2D eigenvalue weighted by atomic mass is 10.0. The molecule has 2 aromatic heterocycles. The highest BCUT2D eigenvalue weighted by atomic mass is 19.1. The zero-order valence-corrected chi connectivity index (χ0v) is 13.2. The molecule has 25 heavy (non-hydrogen) atoms. The van der Waals surface area contributed by atoms with Gasteiger partial charge in [-0.3, -0.25) is 4.79 Å². The Morgan fingerprint density at radius 1 is 1.28 bits per heavy atom. The number of carbonyl (C=O) groups excluding carboxylic acids is 1. The number of amides is 1. The molecule has 1 fully saturated rings. The van der Waals surface area contributed by atoms with Crippen LogP contribution >= 0.6 is 0 Å². The topological polar surface area (TPSA) is 62.5 Å². The fraction of sp³-hybridized carbons (Fsp3) is 0.235. The third kappa shape index (κ3) is 2.69. The molecule has 128 valence electrons. The second-order valence-electron chi connectivity index (χ2n) is 5.89. The van der Waals surface area contributed by atoms with Crippen LogP contribution in [0.5, 0.6) is 0 Å². The van der Waals surface area contributed by atoms with Crippen LogP contribution < -0.4 is 10.2 Å². The molecule has 1 aliphatic heterocycles. The van der Waals surface area contributed by atoms with Gasteiger partial charge in [0.1, 0.15) is 23.1 Å². The molecule has 3 aromatic rings. The van der Waals surface area contributed by atoms with Gasteiger partial charge in [-0.1, -0.05) is 0 Å². The Hall–Kier alpha value is -3.03. The van der Waals surface area contributed by atoms with Gasteiger partial charge in [-0.05, 0) is 37.1 Å². The summed E-state index contributed by atoms with van der Waals surface area (Å²) in [6, 6.07) is 5.01. The fourth-order valence-corrected chi connectivity index (χ4v) is 3.32. The summed E-state index contributed by atoms with van der Waals surface area (Å²) >= 11 is 0. The first-order chi connectivity index (χ1) is 12.2. The van der Waals surface area contributed by atoms with Crippen molar-refractivity contribution in [2.75, 3.05) is 16.8 Å². The van der Waals surface area contributed by atoms with Gasteiger partial charge < -0.3 is 10.2 Å². The van der Waals surface area contributed by atoms with Crippen molar-refractivity contribution in [1.82, 2.24) is 14.6 Å². The monoisotopic (exact) mass is 343 g/mol. The lowest BCUT2D eigenvalue weighted by molar-refractivity contribution is -0.105. The number of nitrogens with zero attached hydrogens (tertiary/aromatic N) is 4. The van der Waals surface area contributed by atoms with Gasteiger partial charge in [-0.25, -0.2) is 18.3 Å². The van der Waals surface area contributed by atoms with Gasteiger partial charge in [0.05, 0.1) is 12.2 Å². The van der Waals surface area contributed by atoms with E-state index in [4.69, 9.17) is 0 Å². The Balaban J connectivity index is 1.75. The Morgan fingerprint density at radius 2 is 2.16 bits per heavy atom. The van der Waals surface area contributed by atoms with Crippen LogP contribution in [0, 0.1) is 11.6 Å². The van der Waals surface area contributed by atoms with Gasteiger partial charge in [-0.15, -0.1) is 0 Å². The van der Waals surface area contributed by atoms with E-state index in [9.17, 15) is 13.6 Å². The highest BCUT2D eigenvalue weighted by Crippen LogP contribution is 2.37. The first-order valence-electron chi connectivity index (χ1n) is 7.93. The van der Waals surface area contributed by atoms with Gasteiger partial charge in [0, 0.05) is 18.3 Å². The molecular formula is C17H15F2N5O. The standard InChI is InChI=1S/C17H15F2N5O/c18-11-3-4-13(19)12(8-11)15-2-1-6-23(15)16-5-7-24-17(22-16)14(9-21-24)20-10-25/h3-5,7-10,15H,1-2,6H2,(H,20,25). The molecular weight excluding hydrogens is 328 g/mol. The summed E-state index contributed by atoms with van der Waals surface area (Å²) < 4.78 is 29.3. The van der Waals surface area contributed by atoms with Crippen LogP contribution in [0.3, 0.4) is 0 Å². The Bertz CT molecular complexity index is 942. The van der Waals surface area contributed by atoms with E-state index in [-0.39, 0.29) is 6.04 Å². The minimum Gasteiger partial charge on any atom is -0.349 e. The fourth-order valence-electron chi connectivity index (χ4n) is 3.32. The van der Waals surface area contributed by atoms with Crippen molar-refractivity contribution in [1.29, 1.82) is 0 Å². The first kappa shape index (κ1) is 15.5. The van der Waals surface area contributed by atoms with Gasteiger partial charge in [-0.2, -0.15) is 5.10 Å². The predicted octanol–water partition coefficient (Wildman–Crippen LogP) is 2.92. The third-order valence-corrected chi connectivity index (χ3v) is 4.43. The van der Waals surface area contributed by atoms with E-state index in [1.54, 1.807) is 16.8 Å². The number of anilines is 2. The smallest absolute Gasteiger partial charge is 0.211 e. The van der Waals surface area contributed by atoms with Crippen LogP contribution in [0.4, 0.5) is 20.3 Å². The van der Waals surface area contributed by atoms with E-state index in [0.717, 1.165) is 18.6 Å². The third-order valence-electron chi connectivity index (χ3n) is 4.43. The first-order valence-corrected chi connectivity index (χ1v) is 7.93. The van der Waals surface area contributed by atoms with E-state index in [1.165, 1.54) is 12.3 Å². The molecule has 6 nitrogen and oxygen atoms in total. The maximum absolute atomic E-state index is 14.2. The van der Waals surface area contributed by atoms with E-state index in [0.29, 0.717) is 42.1 Å². The van der Waals surface area contributed by atoms with E-state index in [1.807, 2.05) is 4.90 Å². The van der Waals surface area contributed by atoms with Crippen molar-refractivity contribution in [3.05, 3.63) is 53.9 Å². The Labute approximate surface area is 142 Å². The summed E-state index contributed by atoms with van der Waals surface area (Å²) in [6.07, 6.45) is 5.36. The van der Waals surface area contributed by atoms with E-state index in [2.05, 4.69) is 15.4 Å².